The summed E-state index contributed by atoms with van der Waals surface area (Å²) in [5.74, 6) is 0. The average Bonchev–Trinajstić information content (AvgIpc) is 4.02. The van der Waals surface area contributed by atoms with Crippen LogP contribution in [-0.2, 0) is 0 Å². The molecule has 0 aliphatic heterocycles. The average molecular weight is 831 g/mol. The summed E-state index contributed by atoms with van der Waals surface area (Å²) < 4.78 is 7.14. The minimum absolute atomic E-state index is 1.11. The van der Waals surface area contributed by atoms with Gasteiger partial charge in [-0.25, -0.2) is 0 Å². The number of fused-ring (bicyclic) bond motifs is 9. The van der Waals surface area contributed by atoms with Crippen LogP contribution in [-0.4, -0.2) is 20.7 Å². The van der Waals surface area contributed by atoms with Gasteiger partial charge in [0.2, 0.25) is 0 Å². The number of para-hydroxylation sites is 6. The molecule has 4 nitrogen and oxygen atoms in total. The van der Waals surface area contributed by atoms with E-state index in [2.05, 4.69) is 262 Å². The highest BCUT2D eigenvalue weighted by atomic mass is 15.1. The summed E-state index contributed by atoms with van der Waals surface area (Å²) in [7, 11) is 2.18. The molecule has 0 unspecified atom stereocenters. The summed E-state index contributed by atoms with van der Waals surface area (Å²) in [6.07, 6.45) is 0. The molecule has 0 amide bonds. The second-order valence-corrected chi connectivity index (χ2v) is 17.0. The molecule has 0 N–H and O–H groups in total. The Morgan fingerprint density at radius 3 is 0.800 bits per heavy atom. The van der Waals surface area contributed by atoms with E-state index in [0.29, 0.717) is 0 Å². The van der Waals surface area contributed by atoms with Crippen molar-refractivity contribution >= 4 is 76.8 Å². The fourth-order valence-electron chi connectivity index (χ4n) is 10.3. The molecule has 306 valence electrons. The summed E-state index contributed by atoms with van der Waals surface area (Å²) in [5.41, 5.74) is 17.5. The van der Waals surface area contributed by atoms with E-state index in [1.54, 1.807) is 0 Å². The molecule has 0 radical (unpaired) electrons. The number of anilines is 2. The van der Waals surface area contributed by atoms with Crippen molar-refractivity contribution in [2.24, 2.45) is 0 Å². The molecule has 0 aliphatic carbocycles. The van der Waals surface area contributed by atoms with Crippen LogP contribution in [0.2, 0.25) is 0 Å². The van der Waals surface area contributed by atoms with Crippen molar-refractivity contribution in [1.82, 2.24) is 13.7 Å². The van der Waals surface area contributed by atoms with Gasteiger partial charge in [0.15, 0.2) is 0 Å². The zero-order chi connectivity index (χ0) is 43.0. The Bertz CT molecular complexity index is 3600. The molecule has 0 aliphatic rings. The van der Waals surface area contributed by atoms with Gasteiger partial charge in [-0.2, -0.15) is 0 Å². The number of hydrogen-bond donors (Lipinski definition) is 0. The van der Waals surface area contributed by atoms with Crippen LogP contribution in [0.4, 0.5) is 11.4 Å². The van der Waals surface area contributed by atoms with Gasteiger partial charge < -0.3 is 18.6 Å². The Balaban J connectivity index is 0.911. The van der Waals surface area contributed by atoms with E-state index in [1.165, 1.54) is 65.4 Å². The molecular formula is C61H42N4. The Morgan fingerprint density at radius 2 is 0.508 bits per heavy atom. The highest BCUT2D eigenvalue weighted by molar-refractivity contribution is 6.11. The van der Waals surface area contributed by atoms with Crippen LogP contribution in [0.15, 0.2) is 237 Å². The first-order valence-corrected chi connectivity index (χ1v) is 22.3. The van der Waals surface area contributed by atoms with Gasteiger partial charge in [-0.3, -0.25) is 0 Å². The lowest BCUT2D eigenvalue weighted by atomic mass is 9.97. The summed E-state index contributed by atoms with van der Waals surface area (Å²) in [6.45, 7) is 0. The smallest absolute Gasteiger partial charge is 0.0541 e. The number of benzene rings is 10. The molecule has 0 atom stereocenters. The van der Waals surface area contributed by atoms with Gasteiger partial charge in [0.25, 0.3) is 0 Å². The van der Waals surface area contributed by atoms with Crippen LogP contribution in [0, 0.1) is 0 Å². The summed E-state index contributed by atoms with van der Waals surface area (Å²) >= 11 is 0. The minimum atomic E-state index is 1.11. The standard InChI is InChI=1S/C61H42N4/c1-62(45-34-36-48(37-35-45)65-60-24-12-6-18-54(60)55-19-7-13-25-61(55)65)49-39-43(41-26-30-46(31-27-41)63-56-20-8-2-14-50(56)51-15-3-9-21-57(51)63)38-44(40-49)42-28-32-47(33-29-42)64-58-22-10-4-16-52(58)53-17-5-11-23-59(53)64/h2-40H,1H3. The highest BCUT2D eigenvalue weighted by Gasteiger charge is 2.17. The molecule has 13 aromatic rings. The monoisotopic (exact) mass is 830 g/mol. The van der Waals surface area contributed by atoms with Gasteiger partial charge in [-0.15, -0.1) is 0 Å². The SMILES string of the molecule is CN(c1ccc(-n2c3ccccc3c3ccccc32)cc1)c1cc(-c2ccc(-n3c4ccccc4c4ccccc43)cc2)cc(-c2ccc(-n3c4ccccc4c4ccccc43)cc2)c1. The summed E-state index contributed by atoms with van der Waals surface area (Å²) in [4.78, 5) is 2.31. The van der Waals surface area contributed by atoms with Crippen molar-refractivity contribution in [1.29, 1.82) is 0 Å². The van der Waals surface area contributed by atoms with Crippen LogP contribution in [0.5, 0.6) is 0 Å². The van der Waals surface area contributed by atoms with Crippen molar-refractivity contribution in [3.63, 3.8) is 0 Å². The van der Waals surface area contributed by atoms with Gasteiger partial charge >= 0.3 is 0 Å². The molecule has 10 aromatic carbocycles. The summed E-state index contributed by atoms with van der Waals surface area (Å²) in [5, 5.41) is 7.58. The third kappa shape index (κ3) is 5.92. The molecule has 4 heteroatoms. The van der Waals surface area contributed by atoms with E-state index in [4.69, 9.17) is 0 Å². The predicted molar refractivity (Wildman–Crippen MR) is 275 cm³/mol. The molecule has 3 heterocycles. The Morgan fingerprint density at radius 1 is 0.246 bits per heavy atom. The highest BCUT2D eigenvalue weighted by Crippen LogP contribution is 2.39. The van der Waals surface area contributed by atoms with Crippen molar-refractivity contribution in [3.8, 4) is 39.3 Å². The maximum absolute atomic E-state index is 2.38. The van der Waals surface area contributed by atoms with E-state index in [9.17, 15) is 0 Å². The Hall–Kier alpha value is -8.60. The van der Waals surface area contributed by atoms with Crippen LogP contribution in [0.25, 0.3) is 105 Å². The van der Waals surface area contributed by atoms with Crippen molar-refractivity contribution in [2.75, 3.05) is 11.9 Å². The second kappa shape index (κ2) is 14.8. The van der Waals surface area contributed by atoms with Gasteiger partial charge in [0.1, 0.15) is 0 Å². The molecule has 65 heavy (non-hydrogen) atoms. The fourth-order valence-corrected chi connectivity index (χ4v) is 10.3. The van der Waals surface area contributed by atoms with Crippen molar-refractivity contribution in [3.05, 3.63) is 237 Å². The maximum atomic E-state index is 2.38. The third-order valence-corrected chi connectivity index (χ3v) is 13.5. The largest absolute Gasteiger partial charge is 0.345 e. The van der Waals surface area contributed by atoms with E-state index in [-0.39, 0.29) is 0 Å². The predicted octanol–water partition coefficient (Wildman–Crippen LogP) is 16.1. The van der Waals surface area contributed by atoms with E-state index in [0.717, 1.165) is 50.7 Å². The first-order chi connectivity index (χ1) is 32.2. The number of nitrogens with zero attached hydrogens (tertiary/aromatic N) is 4. The molecule has 0 fully saturated rings. The Labute approximate surface area is 376 Å². The zero-order valence-corrected chi connectivity index (χ0v) is 35.8. The van der Waals surface area contributed by atoms with Crippen molar-refractivity contribution in [2.45, 2.75) is 0 Å². The molecule has 3 aromatic heterocycles. The molecule has 0 saturated heterocycles. The van der Waals surface area contributed by atoms with Gasteiger partial charge in [0, 0.05) is 67.8 Å². The van der Waals surface area contributed by atoms with Crippen LogP contribution >= 0.6 is 0 Å². The third-order valence-electron chi connectivity index (χ3n) is 13.5. The molecule has 0 spiro atoms. The number of hydrogen-bond acceptors (Lipinski definition) is 1. The molecule has 0 saturated carbocycles. The van der Waals surface area contributed by atoms with Gasteiger partial charge in [-0.1, -0.05) is 133 Å². The quantitative estimate of drug-likeness (QED) is 0.156. The van der Waals surface area contributed by atoms with Gasteiger partial charge in [0.05, 0.1) is 33.1 Å². The number of aromatic nitrogens is 3. The second-order valence-electron chi connectivity index (χ2n) is 17.0. The first-order valence-electron chi connectivity index (χ1n) is 22.3. The van der Waals surface area contributed by atoms with E-state index >= 15 is 0 Å². The van der Waals surface area contributed by atoms with E-state index in [1.807, 2.05) is 0 Å². The first kappa shape index (κ1) is 37.0. The lowest BCUT2D eigenvalue weighted by Gasteiger charge is -2.22. The normalized spacial score (nSPS) is 11.8. The maximum Gasteiger partial charge on any atom is 0.0541 e. The fraction of sp³-hybridized carbons (Fsp3) is 0.0164. The van der Waals surface area contributed by atoms with Crippen LogP contribution < -0.4 is 4.90 Å². The van der Waals surface area contributed by atoms with Crippen LogP contribution in [0.3, 0.4) is 0 Å². The summed E-state index contributed by atoms with van der Waals surface area (Å²) in [6, 6.07) is 86.3. The van der Waals surface area contributed by atoms with Crippen LogP contribution in [0.1, 0.15) is 0 Å². The lowest BCUT2D eigenvalue weighted by Crippen LogP contribution is -2.10. The zero-order valence-electron chi connectivity index (χ0n) is 35.8. The van der Waals surface area contributed by atoms with Gasteiger partial charge in [-0.05, 0) is 125 Å². The molecule has 13 rings (SSSR count). The number of rotatable bonds is 7. The Kier molecular flexibility index (Phi) is 8.40. The topological polar surface area (TPSA) is 18.0 Å². The minimum Gasteiger partial charge on any atom is -0.345 e. The molecular weight excluding hydrogens is 789 g/mol. The molecule has 0 bridgehead atoms. The van der Waals surface area contributed by atoms with E-state index < -0.39 is 0 Å². The van der Waals surface area contributed by atoms with Crippen molar-refractivity contribution < 1.29 is 0 Å². The lowest BCUT2D eigenvalue weighted by molar-refractivity contribution is 1.16.